The molecule has 0 saturated heterocycles. The fraction of sp³-hybridized carbons (Fsp3) is 0.200. The molecule has 0 heterocycles. The Morgan fingerprint density at radius 3 is 2.86 bits per heavy atom. The first-order chi connectivity index (χ1) is 6.67. The molecule has 0 amide bonds. The molecule has 72 valence electrons. The lowest BCUT2D eigenvalue weighted by Gasteiger charge is -2.04. The largest absolute Gasteiger partial charge is 0.497 e. The lowest BCUT2D eigenvalue weighted by Crippen LogP contribution is -2.02. The zero-order valence-corrected chi connectivity index (χ0v) is 7.65. The molecule has 4 nitrogen and oxygen atoms in total. The van der Waals surface area contributed by atoms with Gasteiger partial charge in [-0.3, -0.25) is 4.79 Å². The first-order valence-corrected chi connectivity index (χ1v) is 3.96. The maximum atomic E-state index is 10.5. The summed E-state index contributed by atoms with van der Waals surface area (Å²) in [4.78, 5) is 10.5. The molecule has 0 aliphatic heterocycles. The lowest BCUT2D eigenvalue weighted by atomic mass is 10.1. The zero-order valence-electron chi connectivity index (χ0n) is 7.65. The second-order valence-electron chi connectivity index (χ2n) is 2.71. The van der Waals surface area contributed by atoms with Gasteiger partial charge < -0.3 is 9.84 Å². The molecule has 0 fully saturated rings. The van der Waals surface area contributed by atoms with E-state index in [-0.39, 0.29) is 6.42 Å². The number of ether oxygens (including phenoxy) is 1. The van der Waals surface area contributed by atoms with Crippen LogP contribution in [0.4, 0.5) is 0 Å². The molecule has 0 radical (unpaired) electrons. The van der Waals surface area contributed by atoms with Crippen LogP contribution in [0, 0.1) is 11.3 Å². The summed E-state index contributed by atoms with van der Waals surface area (Å²) in [5, 5.41) is 17.3. The van der Waals surface area contributed by atoms with Crippen molar-refractivity contribution in [3.63, 3.8) is 0 Å². The number of carboxylic acid groups (broad SMARTS) is 1. The van der Waals surface area contributed by atoms with Gasteiger partial charge >= 0.3 is 5.97 Å². The topological polar surface area (TPSA) is 70.3 Å². The van der Waals surface area contributed by atoms with E-state index in [0.29, 0.717) is 16.9 Å². The molecule has 0 spiro atoms. The zero-order chi connectivity index (χ0) is 10.6. The summed E-state index contributed by atoms with van der Waals surface area (Å²) in [7, 11) is 1.49. The molecule has 0 aliphatic carbocycles. The predicted octanol–water partition coefficient (Wildman–Crippen LogP) is 1.19. The van der Waals surface area contributed by atoms with Gasteiger partial charge in [0.15, 0.2) is 0 Å². The summed E-state index contributed by atoms with van der Waals surface area (Å²) in [5.41, 5.74) is 0.840. The number of carbonyl (C=O) groups is 1. The second-order valence-corrected chi connectivity index (χ2v) is 2.71. The van der Waals surface area contributed by atoms with Crippen LogP contribution in [0.15, 0.2) is 18.2 Å². The molecule has 1 aromatic rings. The number of hydrogen-bond donors (Lipinski definition) is 1. The Bertz CT molecular complexity index is 393. The number of aliphatic carboxylic acids is 1. The van der Waals surface area contributed by atoms with Crippen LogP contribution in [0.3, 0.4) is 0 Å². The van der Waals surface area contributed by atoms with Crippen molar-refractivity contribution in [2.75, 3.05) is 7.11 Å². The van der Waals surface area contributed by atoms with Crippen molar-refractivity contribution in [1.82, 2.24) is 0 Å². The number of nitrogens with zero attached hydrogens (tertiary/aromatic N) is 1. The van der Waals surface area contributed by atoms with Crippen LogP contribution in [0.25, 0.3) is 0 Å². The van der Waals surface area contributed by atoms with Crippen LogP contribution in [0.5, 0.6) is 5.75 Å². The minimum absolute atomic E-state index is 0.167. The molecular formula is C10H9NO3. The Kier molecular flexibility index (Phi) is 3.08. The standard InChI is InChI=1S/C10H9NO3/c1-14-9-3-2-7(6-11)8(4-9)5-10(12)13/h2-4H,5H2,1H3,(H,12,13). The van der Waals surface area contributed by atoms with E-state index >= 15 is 0 Å². The summed E-state index contributed by atoms with van der Waals surface area (Å²) in [6.07, 6.45) is -0.167. The van der Waals surface area contributed by atoms with E-state index < -0.39 is 5.97 Å². The van der Waals surface area contributed by atoms with Crippen LogP contribution < -0.4 is 4.74 Å². The summed E-state index contributed by atoms with van der Waals surface area (Å²) >= 11 is 0. The Hall–Kier alpha value is -2.02. The van der Waals surface area contributed by atoms with Gasteiger partial charge in [-0.15, -0.1) is 0 Å². The summed E-state index contributed by atoms with van der Waals surface area (Å²) in [6, 6.07) is 6.68. The number of carboxylic acids is 1. The van der Waals surface area contributed by atoms with Gasteiger partial charge in [0.05, 0.1) is 25.2 Å². The van der Waals surface area contributed by atoms with Crippen LogP contribution >= 0.6 is 0 Å². The van der Waals surface area contributed by atoms with Gasteiger partial charge in [0.25, 0.3) is 0 Å². The highest BCUT2D eigenvalue weighted by Gasteiger charge is 2.07. The van der Waals surface area contributed by atoms with Crippen molar-refractivity contribution in [3.05, 3.63) is 29.3 Å². The molecule has 0 aromatic heterocycles. The van der Waals surface area contributed by atoms with Crippen molar-refractivity contribution in [2.24, 2.45) is 0 Å². The van der Waals surface area contributed by atoms with Gasteiger partial charge in [-0.2, -0.15) is 5.26 Å². The summed E-state index contributed by atoms with van der Waals surface area (Å²) < 4.78 is 4.93. The molecule has 0 atom stereocenters. The Balaban J connectivity index is 3.09. The number of nitriles is 1. The van der Waals surface area contributed by atoms with Crippen LogP contribution in [0.1, 0.15) is 11.1 Å². The molecule has 1 rings (SSSR count). The molecule has 1 N–H and O–H groups in total. The number of benzene rings is 1. The van der Waals surface area contributed by atoms with Crippen molar-refractivity contribution in [3.8, 4) is 11.8 Å². The van der Waals surface area contributed by atoms with Gasteiger partial charge in [0.2, 0.25) is 0 Å². The van der Waals surface area contributed by atoms with Gasteiger partial charge in [0.1, 0.15) is 5.75 Å². The normalized spacial score (nSPS) is 9.14. The molecular weight excluding hydrogens is 182 g/mol. The van der Waals surface area contributed by atoms with Crippen LogP contribution in [-0.4, -0.2) is 18.2 Å². The smallest absolute Gasteiger partial charge is 0.307 e. The fourth-order valence-electron chi connectivity index (χ4n) is 1.12. The third-order valence-corrected chi connectivity index (χ3v) is 1.77. The highest BCUT2D eigenvalue weighted by molar-refractivity contribution is 5.71. The van der Waals surface area contributed by atoms with E-state index in [4.69, 9.17) is 15.1 Å². The Morgan fingerprint density at radius 1 is 1.64 bits per heavy atom. The van der Waals surface area contributed by atoms with Gasteiger partial charge in [-0.05, 0) is 23.8 Å². The van der Waals surface area contributed by atoms with Gasteiger partial charge in [0, 0.05) is 0 Å². The second kappa shape index (κ2) is 4.28. The predicted molar refractivity (Wildman–Crippen MR) is 49.0 cm³/mol. The monoisotopic (exact) mass is 191 g/mol. The SMILES string of the molecule is COc1ccc(C#N)c(CC(=O)O)c1. The average molecular weight is 191 g/mol. The maximum Gasteiger partial charge on any atom is 0.307 e. The van der Waals surface area contributed by atoms with Gasteiger partial charge in [-0.25, -0.2) is 0 Å². The maximum absolute atomic E-state index is 10.5. The quantitative estimate of drug-likeness (QED) is 0.779. The first-order valence-electron chi connectivity index (χ1n) is 3.96. The van der Waals surface area contributed by atoms with Crippen molar-refractivity contribution >= 4 is 5.97 Å². The molecule has 0 unspecified atom stereocenters. The van der Waals surface area contributed by atoms with E-state index in [2.05, 4.69) is 0 Å². The molecule has 0 bridgehead atoms. The molecule has 1 aromatic carbocycles. The highest BCUT2D eigenvalue weighted by atomic mass is 16.5. The molecule has 4 heteroatoms. The molecule has 14 heavy (non-hydrogen) atoms. The van der Waals surface area contributed by atoms with E-state index in [1.807, 2.05) is 6.07 Å². The van der Waals surface area contributed by atoms with Crippen LogP contribution in [0.2, 0.25) is 0 Å². The van der Waals surface area contributed by atoms with E-state index in [1.54, 1.807) is 18.2 Å². The summed E-state index contributed by atoms with van der Waals surface area (Å²) in [6.45, 7) is 0. The minimum atomic E-state index is -0.963. The lowest BCUT2D eigenvalue weighted by molar-refractivity contribution is -0.136. The highest BCUT2D eigenvalue weighted by Crippen LogP contribution is 2.17. The van der Waals surface area contributed by atoms with E-state index in [1.165, 1.54) is 7.11 Å². The number of hydrogen-bond acceptors (Lipinski definition) is 3. The fourth-order valence-corrected chi connectivity index (χ4v) is 1.12. The molecule has 0 saturated carbocycles. The van der Waals surface area contributed by atoms with E-state index in [9.17, 15) is 4.79 Å². The Labute approximate surface area is 81.4 Å². The summed E-state index contributed by atoms with van der Waals surface area (Å²) in [5.74, 6) is -0.407. The van der Waals surface area contributed by atoms with Crippen molar-refractivity contribution in [2.45, 2.75) is 6.42 Å². The average Bonchev–Trinajstić information content (AvgIpc) is 2.16. The minimum Gasteiger partial charge on any atom is -0.497 e. The Morgan fingerprint density at radius 2 is 2.36 bits per heavy atom. The van der Waals surface area contributed by atoms with Crippen LogP contribution in [-0.2, 0) is 11.2 Å². The third-order valence-electron chi connectivity index (χ3n) is 1.77. The van der Waals surface area contributed by atoms with Crippen molar-refractivity contribution < 1.29 is 14.6 Å². The number of methoxy groups -OCH3 is 1. The molecule has 0 aliphatic rings. The van der Waals surface area contributed by atoms with E-state index in [0.717, 1.165) is 0 Å². The third kappa shape index (κ3) is 2.23. The first kappa shape index (κ1) is 10.1. The number of rotatable bonds is 3. The van der Waals surface area contributed by atoms with Gasteiger partial charge in [-0.1, -0.05) is 0 Å². The van der Waals surface area contributed by atoms with Crippen molar-refractivity contribution in [1.29, 1.82) is 5.26 Å².